The highest BCUT2D eigenvalue weighted by Crippen LogP contribution is 2.23. The van der Waals surface area contributed by atoms with Gasteiger partial charge in [-0.25, -0.2) is 8.42 Å². The number of piperidine rings is 1. The summed E-state index contributed by atoms with van der Waals surface area (Å²) in [6.45, 7) is 4.23. The normalized spacial score (nSPS) is 24.6. The quantitative estimate of drug-likeness (QED) is 0.851. The molecule has 2 atom stereocenters. The van der Waals surface area contributed by atoms with Gasteiger partial charge >= 0.3 is 0 Å². The first kappa shape index (κ1) is 15.2. The summed E-state index contributed by atoms with van der Waals surface area (Å²) in [6.07, 6.45) is 0.660. The van der Waals surface area contributed by atoms with Gasteiger partial charge in [-0.1, -0.05) is 19.1 Å². The Morgan fingerprint density at radius 1 is 1.40 bits per heavy atom. The molecule has 0 aliphatic carbocycles. The molecular weight excluding hydrogens is 276 g/mol. The maximum Gasteiger partial charge on any atom is 0.243 e. The Labute approximate surface area is 119 Å². The number of carbonyl (C=O) groups excluding carboxylic acids is 1. The van der Waals surface area contributed by atoms with E-state index in [4.69, 9.17) is 5.73 Å². The molecule has 0 amide bonds. The van der Waals surface area contributed by atoms with Gasteiger partial charge in [-0.05, 0) is 31.4 Å². The van der Waals surface area contributed by atoms with Crippen LogP contribution in [-0.2, 0) is 10.0 Å². The van der Waals surface area contributed by atoms with Crippen molar-refractivity contribution in [3.63, 3.8) is 0 Å². The molecule has 2 rings (SSSR count). The summed E-state index contributed by atoms with van der Waals surface area (Å²) in [6, 6.07) is 6.24. The minimum absolute atomic E-state index is 0.0463. The first-order valence-corrected chi connectivity index (χ1v) is 8.13. The van der Waals surface area contributed by atoms with Crippen molar-refractivity contribution in [2.75, 3.05) is 13.1 Å². The van der Waals surface area contributed by atoms with Gasteiger partial charge < -0.3 is 5.73 Å². The van der Waals surface area contributed by atoms with Crippen molar-refractivity contribution in [2.45, 2.75) is 31.2 Å². The topological polar surface area (TPSA) is 80.5 Å². The summed E-state index contributed by atoms with van der Waals surface area (Å²) in [5.74, 6) is -0.00870. The smallest absolute Gasteiger partial charge is 0.243 e. The molecule has 0 bridgehead atoms. The van der Waals surface area contributed by atoms with Crippen molar-refractivity contribution in [2.24, 2.45) is 11.7 Å². The number of nitrogens with zero attached hydrogens (tertiary/aromatic N) is 1. The zero-order chi connectivity index (χ0) is 14.9. The number of rotatable bonds is 3. The molecule has 1 aliphatic heterocycles. The van der Waals surface area contributed by atoms with Crippen LogP contribution in [0.4, 0.5) is 0 Å². The molecule has 0 saturated carbocycles. The number of nitrogens with two attached hydrogens (primary N) is 1. The Morgan fingerprint density at radius 3 is 2.70 bits per heavy atom. The fourth-order valence-corrected chi connectivity index (χ4v) is 3.97. The molecule has 1 saturated heterocycles. The molecule has 0 radical (unpaired) electrons. The van der Waals surface area contributed by atoms with Crippen LogP contribution in [0.2, 0.25) is 0 Å². The molecule has 6 heteroatoms. The molecule has 1 aromatic carbocycles. The molecule has 1 aliphatic rings. The van der Waals surface area contributed by atoms with Crippen LogP contribution in [0.5, 0.6) is 0 Å². The molecule has 2 unspecified atom stereocenters. The first-order chi connectivity index (χ1) is 9.32. The summed E-state index contributed by atoms with van der Waals surface area (Å²) in [7, 11) is -3.55. The van der Waals surface area contributed by atoms with Gasteiger partial charge in [0.25, 0.3) is 0 Å². The van der Waals surface area contributed by atoms with Crippen LogP contribution in [0.1, 0.15) is 30.6 Å². The SMILES string of the molecule is CC(=O)c1cccc(S(=O)(=O)N2CCC(N)C(C)C2)c1. The molecule has 0 aromatic heterocycles. The first-order valence-electron chi connectivity index (χ1n) is 6.69. The molecule has 1 fully saturated rings. The molecule has 5 nitrogen and oxygen atoms in total. The number of hydrogen-bond acceptors (Lipinski definition) is 4. The van der Waals surface area contributed by atoms with E-state index in [1.54, 1.807) is 12.1 Å². The lowest BCUT2D eigenvalue weighted by atomic mass is 9.96. The third kappa shape index (κ3) is 2.92. The molecular formula is C14H20N2O3S. The van der Waals surface area contributed by atoms with E-state index in [-0.39, 0.29) is 22.6 Å². The van der Waals surface area contributed by atoms with Gasteiger partial charge in [0, 0.05) is 24.7 Å². The van der Waals surface area contributed by atoms with Gasteiger partial charge in [0.1, 0.15) is 0 Å². The Balaban J connectivity index is 2.31. The van der Waals surface area contributed by atoms with Crippen molar-refractivity contribution in [3.05, 3.63) is 29.8 Å². The average Bonchev–Trinajstić information content (AvgIpc) is 2.42. The van der Waals surface area contributed by atoms with Crippen LogP contribution in [0, 0.1) is 5.92 Å². The number of carbonyl (C=O) groups is 1. The van der Waals surface area contributed by atoms with Gasteiger partial charge in [0.05, 0.1) is 4.90 Å². The molecule has 2 N–H and O–H groups in total. The number of hydrogen-bond donors (Lipinski definition) is 1. The van der Waals surface area contributed by atoms with E-state index in [1.165, 1.54) is 23.4 Å². The Kier molecular flexibility index (Phi) is 4.27. The van der Waals surface area contributed by atoms with Gasteiger partial charge in [-0.15, -0.1) is 0 Å². The van der Waals surface area contributed by atoms with Crippen LogP contribution in [0.25, 0.3) is 0 Å². The summed E-state index contributed by atoms with van der Waals surface area (Å²) in [5, 5.41) is 0. The molecule has 0 spiro atoms. The highest BCUT2D eigenvalue weighted by Gasteiger charge is 2.32. The van der Waals surface area contributed by atoms with Gasteiger partial charge in [0.15, 0.2) is 5.78 Å². The fourth-order valence-electron chi connectivity index (χ4n) is 2.37. The van der Waals surface area contributed by atoms with Crippen LogP contribution >= 0.6 is 0 Å². The van der Waals surface area contributed by atoms with Gasteiger partial charge in [0.2, 0.25) is 10.0 Å². The minimum atomic E-state index is -3.55. The number of Topliss-reactive ketones (excluding diaryl/α,β-unsaturated/α-hetero) is 1. The van der Waals surface area contributed by atoms with Crippen molar-refractivity contribution in [1.82, 2.24) is 4.31 Å². The lowest BCUT2D eigenvalue weighted by Crippen LogP contribution is -2.48. The summed E-state index contributed by atoms with van der Waals surface area (Å²) in [5.41, 5.74) is 6.33. The van der Waals surface area contributed by atoms with Crippen molar-refractivity contribution >= 4 is 15.8 Å². The Bertz CT molecular complexity index is 613. The van der Waals surface area contributed by atoms with E-state index in [2.05, 4.69) is 0 Å². The maximum absolute atomic E-state index is 12.6. The lowest BCUT2D eigenvalue weighted by Gasteiger charge is -2.34. The second-order valence-corrected chi connectivity index (χ2v) is 7.31. The fraction of sp³-hybridized carbons (Fsp3) is 0.500. The van der Waals surface area contributed by atoms with Crippen LogP contribution in [0.15, 0.2) is 29.2 Å². The van der Waals surface area contributed by atoms with Crippen molar-refractivity contribution in [1.29, 1.82) is 0 Å². The molecule has 1 heterocycles. The largest absolute Gasteiger partial charge is 0.327 e. The second kappa shape index (κ2) is 5.63. The predicted octanol–water partition coefficient (Wildman–Crippen LogP) is 1.25. The molecule has 110 valence electrons. The number of benzene rings is 1. The Hall–Kier alpha value is -1.24. The number of ketones is 1. The Morgan fingerprint density at radius 2 is 2.10 bits per heavy atom. The summed E-state index contributed by atoms with van der Waals surface area (Å²) in [4.78, 5) is 11.5. The van der Waals surface area contributed by atoms with E-state index in [0.717, 1.165) is 0 Å². The van der Waals surface area contributed by atoms with E-state index in [9.17, 15) is 13.2 Å². The van der Waals surface area contributed by atoms with E-state index < -0.39 is 10.0 Å². The average molecular weight is 296 g/mol. The van der Waals surface area contributed by atoms with Gasteiger partial charge in [-0.3, -0.25) is 4.79 Å². The third-order valence-electron chi connectivity index (χ3n) is 3.81. The minimum Gasteiger partial charge on any atom is -0.327 e. The number of sulfonamides is 1. The van der Waals surface area contributed by atoms with Crippen molar-refractivity contribution < 1.29 is 13.2 Å². The highest BCUT2D eigenvalue weighted by atomic mass is 32.2. The lowest BCUT2D eigenvalue weighted by molar-refractivity contribution is 0.101. The van der Waals surface area contributed by atoms with Gasteiger partial charge in [-0.2, -0.15) is 4.31 Å². The highest BCUT2D eigenvalue weighted by molar-refractivity contribution is 7.89. The summed E-state index contributed by atoms with van der Waals surface area (Å²) < 4.78 is 26.6. The maximum atomic E-state index is 12.6. The van der Waals surface area contributed by atoms with E-state index in [0.29, 0.717) is 25.1 Å². The second-order valence-electron chi connectivity index (χ2n) is 5.38. The van der Waals surface area contributed by atoms with Crippen LogP contribution < -0.4 is 5.73 Å². The standard InChI is InChI=1S/C14H20N2O3S/c1-10-9-16(7-6-14(10)15)20(18,19)13-5-3-4-12(8-13)11(2)17/h3-5,8,10,14H,6-7,9,15H2,1-2H3. The van der Waals surface area contributed by atoms with E-state index in [1.807, 2.05) is 6.92 Å². The molecule has 20 heavy (non-hydrogen) atoms. The van der Waals surface area contributed by atoms with Crippen LogP contribution in [0.3, 0.4) is 0 Å². The molecule has 1 aromatic rings. The summed E-state index contributed by atoms with van der Waals surface area (Å²) >= 11 is 0. The van der Waals surface area contributed by atoms with Crippen molar-refractivity contribution in [3.8, 4) is 0 Å². The van der Waals surface area contributed by atoms with Crippen LogP contribution in [-0.4, -0.2) is 37.6 Å². The zero-order valence-electron chi connectivity index (χ0n) is 11.7. The predicted molar refractivity (Wildman–Crippen MR) is 77.0 cm³/mol. The zero-order valence-corrected chi connectivity index (χ0v) is 12.6. The monoisotopic (exact) mass is 296 g/mol. The third-order valence-corrected chi connectivity index (χ3v) is 5.67. The van der Waals surface area contributed by atoms with E-state index >= 15 is 0 Å².